The Morgan fingerprint density at radius 3 is 2.42 bits per heavy atom. The van der Waals surface area contributed by atoms with Crippen LogP contribution in [-0.2, 0) is 4.74 Å². The van der Waals surface area contributed by atoms with Gasteiger partial charge in [-0.15, -0.1) is 0 Å². The number of phenols is 1. The summed E-state index contributed by atoms with van der Waals surface area (Å²) in [7, 11) is 0. The molecular formula is C9H11NO2. The van der Waals surface area contributed by atoms with Crippen molar-refractivity contribution < 1.29 is 9.84 Å². The van der Waals surface area contributed by atoms with Gasteiger partial charge in [-0.05, 0) is 24.3 Å². The van der Waals surface area contributed by atoms with E-state index in [9.17, 15) is 0 Å². The van der Waals surface area contributed by atoms with E-state index in [1.54, 1.807) is 12.1 Å². The fourth-order valence-electron chi connectivity index (χ4n) is 1.11. The Hall–Kier alpha value is -1.22. The number of ether oxygens (including phenoxy) is 1. The fraction of sp³-hybridized carbons (Fsp3) is 0.333. The van der Waals surface area contributed by atoms with Gasteiger partial charge >= 0.3 is 0 Å². The van der Waals surface area contributed by atoms with Gasteiger partial charge in [0.15, 0.2) is 0 Å². The van der Waals surface area contributed by atoms with Crippen LogP contribution in [-0.4, -0.2) is 24.4 Å². The molecule has 1 saturated heterocycles. The van der Waals surface area contributed by atoms with Crippen molar-refractivity contribution >= 4 is 5.69 Å². The van der Waals surface area contributed by atoms with E-state index < -0.39 is 0 Å². The standard InChI is InChI=1S/C9H11NO2/c11-9-3-1-7(2-4-9)10-8-5-12-6-8/h1-4,8,10-11H,5-6H2. The average molecular weight is 165 g/mol. The Morgan fingerprint density at radius 2 is 1.92 bits per heavy atom. The third-order valence-electron chi connectivity index (χ3n) is 1.88. The highest BCUT2D eigenvalue weighted by Gasteiger charge is 2.17. The first-order chi connectivity index (χ1) is 5.84. The summed E-state index contributed by atoms with van der Waals surface area (Å²) in [6.45, 7) is 1.56. The third kappa shape index (κ3) is 1.51. The lowest BCUT2D eigenvalue weighted by Crippen LogP contribution is -2.40. The number of hydrogen-bond acceptors (Lipinski definition) is 3. The van der Waals surface area contributed by atoms with Gasteiger partial charge in [-0.2, -0.15) is 0 Å². The molecule has 1 fully saturated rings. The van der Waals surface area contributed by atoms with Crippen LogP contribution in [0.5, 0.6) is 5.75 Å². The largest absolute Gasteiger partial charge is 0.508 e. The molecule has 3 nitrogen and oxygen atoms in total. The Bertz CT molecular complexity index is 254. The van der Waals surface area contributed by atoms with Crippen LogP contribution in [0.25, 0.3) is 0 Å². The minimum absolute atomic E-state index is 0.297. The van der Waals surface area contributed by atoms with Gasteiger partial charge < -0.3 is 15.2 Å². The SMILES string of the molecule is Oc1ccc(NC2COC2)cc1. The number of hydrogen-bond donors (Lipinski definition) is 2. The summed E-state index contributed by atoms with van der Waals surface area (Å²) in [5.74, 6) is 0.297. The summed E-state index contributed by atoms with van der Waals surface area (Å²) >= 11 is 0. The van der Waals surface area contributed by atoms with Crippen molar-refractivity contribution in [3.05, 3.63) is 24.3 Å². The van der Waals surface area contributed by atoms with Crippen molar-refractivity contribution in [1.29, 1.82) is 0 Å². The number of nitrogens with one attached hydrogen (secondary N) is 1. The van der Waals surface area contributed by atoms with Gasteiger partial charge in [0.1, 0.15) is 5.75 Å². The monoisotopic (exact) mass is 165 g/mol. The van der Waals surface area contributed by atoms with Crippen molar-refractivity contribution in [2.24, 2.45) is 0 Å². The van der Waals surface area contributed by atoms with Crippen molar-refractivity contribution in [1.82, 2.24) is 0 Å². The second-order valence-corrected chi connectivity index (χ2v) is 2.93. The van der Waals surface area contributed by atoms with E-state index in [2.05, 4.69) is 5.32 Å². The van der Waals surface area contributed by atoms with Gasteiger partial charge in [0.2, 0.25) is 0 Å². The molecular weight excluding hydrogens is 154 g/mol. The molecule has 2 N–H and O–H groups in total. The smallest absolute Gasteiger partial charge is 0.115 e. The molecule has 1 heterocycles. The lowest BCUT2D eigenvalue weighted by molar-refractivity contribution is 0.0211. The summed E-state index contributed by atoms with van der Waals surface area (Å²) in [6.07, 6.45) is 0. The lowest BCUT2D eigenvalue weighted by Gasteiger charge is -2.27. The number of phenolic OH excluding ortho intramolecular Hbond substituents is 1. The van der Waals surface area contributed by atoms with Crippen molar-refractivity contribution in [2.45, 2.75) is 6.04 Å². The maximum Gasteiger partial charge on any atom is 0.115 e. The van der Waals surface area contributed by atoms with Crippen LogP contribution in [0, 0.1) is 0 Å². The molecule has 0 atom stereocenters. The molecule has 0 aromatic heterocycles. The van der Waals surface area contributed by atoms with Gasteiger partial charge in [-0.3, -0.25) is 0 Å². The summed E-state index contributed by atoms with van der Waals surface area (Å²) in [6, 6.07) is 7.49. The van der Waals surface area contributed by atoms with Crippen molar-refractivity contribution in [3.63, 3.8) is 0 Å². The van der Waals surface area contributed by atoms with Gasteiger partial charge in [0.05, 0.1) is 19.3 Å². The highest BCUT2D eigenvalue weighted by molar-refractivity contribution is 5.46. The Kier molecular flexibility index (Phi) is 1.87. The van der Waals surface area contributed by atoms with E-state index >= 15 is 0 Å². The van der Waals surface area contributed by atoms with Gasteiger partial charge in [0.25, 0.3) is 0 Å². The third-order valence-corrected chi connectivity index (χ3v) is 1.88. The lowest BCUT2D eigenvalue weighted by atomic mass is 10.2. The first kappa shape index (κ1) is 7.43. The quantitative estimate of drug-likeness (QED) is 0.647. The van der Waals surface area contributed by atoms with Gasteiger partial charge in [-0.25, -0.2) is 0 Å². The highest BCUT2D eigenvalue weighted by Crippen LogP contribution is 2.16. The summed E-state index contributed by atoms with van der Waals surface area (Å²) < 4.78 is 5.02. The zero-order valence-corrected chi connectivity index (χ0v) is 6.66. The Morgan fingerprint density at radius 1 is 1.25 bits per heavy atom. The molecule has 64 valence electrons. The predicted octanol–water partition coefficient (Wildman–Crippen LogP) is 1.20. The molecule has 12 heavy (non-hydrogen) atoms. The van der Waals surface area contributed by atoms with Crippen LogP contribution in [0.4, 0.5) is 5.69 Å². The minimum Gasteiger partial charge on any atom is -0.508 e. The second kappa shape index (κ2) is 3.03. The summed E-state index contributed by atoms with van der Waals surface area (Å²) in [5.41, 5.74) is 1.03. The number of benzene rings is 1. The van der Waals surface area contributed by atoms with Crippen molar-refractivity contribution in [2.75, 3.05) is 18.5 Å². The maximum absolute atomic E-state index is 9.01. The molecule has 1 aliphatic rings. The molecule has 0 spiro atoms. The Balaban J connectivity index is 1.98. The molecule has 1 aromatic rings. The predicted molar refractivity (Wildman–Crippen MR) is 46.3 cm³/mol. The average Bonchev–Trinajstić information content (AvgIpc) is 2.00. The summed E-state index contributed by atoms with van der Waals surface area (Å²) in [4.78, 5) is 0. The summed E-state index contributed by atoms with van der Waals surface area (Å²) in [5, 5.41) is 12.3. The fourth-order valence-corrected chi connectivity index (χ4v) is 1.11. The maximum atomic E-state index is 9.01. The number of rotatable bonds is 2. The van der Waals surface area contributed by atoms with Crippen molar-refractivity contribution in [3.8, 4) is 5.75 Å². The molecule has 0 radical (unpaired) electrons. The molecule has 1 aromatic carbocycles. The first-order valence-corrected chi connectivity index (χ1v) is 3.98. The number of anilines is 1. The first-order valence-electron chi connectivity index (χ1n) is 3.98. The normalized spacial score (nSPS) is 17.0. The molecule has 2 rings (SSSR count). The van der Waals surface area contributed by atoms with Gasteiger partial charge in [-0.1, -0.05) is 0 Å². The van der Waals surface area contributed by atoms with Crippen LogP contribution in [0.15, 0.2) is 24.3 Å². The number of aromatic hydroxyl groups is 1. The highest BCUT2D eigenvalue weighted by atomic mass is 16.5. The van der Waals surface area contributed by atoms with Crippen LogP contribution < -0.4 is 5.32 Å². The molecule has 0 aliphatic carbocycles. The van der Waals surface area contributed by atoms with E-state index in [4.69, 9.17) is 9.84 Å². The molecule has 0 saturated carbocycles. The van der Waals surface area contributed by atoms with Crippen LogP contribution in [0.2, 0.25) is 0 Å². The van der Waals surface area contributed by atoms with E-state index in [1.165, 1.54) is 0 Å². The van der Waals surface area contributed by atoms with Gasteiger partial charge in [0, 0.05) is 5.69 Å². The van der Waals surface area contributed by atoms with Crippen LogP contribution in [0.3, 0.4) is 0 Å². The second-order valence-electron chi connectivity index (χ2n) is 2.93. The molecule has 0 bridgehead atoms. The zero-order valence-electron chi connectivity index (χ0n) is 6.66. The van der Waals surface area contributed by atoms with E-state index in [1.807, 2.05) is 12.1 Å². The van der Waals surface area contributed by atoms with Crippen LogP contribution >= 0.6 is 0 Å². The van der Waals surface area contributed by atoms with Crippen LogP contribution in [0.1, 0.15) is 0 Å². The topological polar surface area (TPSA) is 41.5 Å². The molecule has 0 unspecified atom stereocenters. The van der Waals surface area contributed by atoms with E-state index in [0.29, 0.717) is 11.8 Å². The molecule has 0 amide bonds. The molecule has 3 heteroatoms. The Labute approximate surface area is 71.0 Å². The zero-order chi connectivity index (χ0) is 8.39. The minimum atomic E-state index is 0.297. The van der Waals surface area contributed by atoms with E-state index in [-0.39, 0.29) is 0 Å². The molecule has 1 aliphatic heterocycles. The van der Waals surface area contributed by atoms with E-state index in [0.717, 1.165) is 18.9 Å².